The van der Waals surface area contributed by atoms with Crippen LogP contribution in [0.25, 0.3) is 0 Å². The molecule has 0 radical (unpaired) electrons. The number of carboxylic acid groups (broad SMARTS) is 1. The van der Waals surface area contributed by atoms with E-state index < -0.39 is 59.8 Å². The van der Waals surface area contributed by atoms with Gasteiger partial charge < -0.3 is 24.2 Å². The lowest BCUT2D eigenvalue weighted by Gasteiger charge is -2.43. The highest BCUT2D eigenvalue weighted by Gasteiger charge is 2.42. The average molecular weight is 686 g/mol. The van der Waals surface area contributed by atoms with E-state index in [-0.39, 0.29) is 53.6 Å². The number of benzene rings is 1. The predicted molar refractivity (Wildman–Crippen MR) is 159 cm³/mol. The normalized spacial score (nSPS) is 16.6. The van der Waals surface area contributed by atoms with E-state index in [0.717, 1.165) is 12.4 Å². The second kappa shape index (κ2) is 13.7. The smallest absolute Gasteiger partial charge is 0.416 e. The van der Waals surface area contributed by atoms with Crippen LogP contribution in [0.5, 0.6) is 11.6 Å². The summed E-state index contributed by atoms with van der Waals surface area (Å²) in [5.41, 5.74) is -4.56. The minimum Gasteiger partial charge on any atom is -0.481 e. The van der Waals surface area contributed by atoms with Gasteiger partial charge in [-0.25, -0.2) is 24.5 Å². The molecule has 0 bridgehead atoms. The number of aliphatic carboxylic acids is 1. The predicted octanol–water partition coefficient (Wildman–Crippen LogP) is 7.05. The van der Waals surface area contributed by atoms with Gasteiger partial charge in [0.05, 0.1) is 54.7 Å². The molecule has 17 heteroatoms. The van der Waals surface area contributed by atoms with E-state index in [2.05, 4.69) is 15.0 Å². The van der Waals surface area contributed by atoms with Gasteiger partial charge in [-0.2, -0.15) is 26.3 Å². The SMILES string of the molecule is CCOC(=O)N1c2ccc(OC)nc2C(N(Cc2cc(C(F)(F)F)cc(C(F)(F)F)c2)c2ncc(OC(C)(C)C(=O)O)cn2)C[C@H]1CC. The van der Waals surface area contributed by atoms with Gasteiger partial charge in [0.15, 0.2) is 11.4 Å². The number of hydrogen-bond acceptors (Lipinski definition) is 9. The van der Waals surface area contributed by atoms with Crippen LogP contribution in [0, 0.1) is 0 Å². The van der Waals surface area contributed by atoms with Gasteiger partial charge >= 0.3 is 24.4 Å². The Morgan fingerprint density at radius 3 is 2.10 bits per heavy atom. The van der Waals surface area contributed by atoms with E-state index in [4.69, 9.17) is 14.2 Å². The summed E-state index contributed by atoms with van der Waals surface area (Å²) in [6.07, 6.45) is -8.11. The minimum atomic E-state index is -5.09. The average Bonchev–Trinajstić information content (AvgIpc) is 3.02. The van der Waals surface area contributed by atoms with E-state index in [1.165, 1.54) is 36.8 Å². The molecule has 0 fully saturated rings. The molecule has 1 aliphatic heterocycles. The summed E-state index contributed by atoms with van der Waals surface area (Å²) in [6, 6.07) is 2.85. The molecule has 0 spiro atoms. The molecule has 2 aromatic heterocycles. The fraction of sp³-hybridized carbons (Fsp3) is 0.452. The Hall–Kier alpha value is -4.83. The van der Waals surface area contributed by atoms with Crippen molar-refractivity contribution in [2.45, 2.75) is 77.1 Å². The highest BCUT2D eigenvalue weighted by molar-refractivity contribution is 5.90. The zero-order chi connectivity index (χ0) is 35.6. The third-order valence-corrected chi connectivity index (χ3v) is 7.59. The van der Waals surface area contributed by atoms with Crippen molar-refractivity contribution in [2.24, 2.45) is 0 Å². The van der Waals surface area contributed by atoms with Crippen molar-refractivity contribution in [3.63, 3.8) is 0 Å². The standard InChI is InChI=1S/C31H33F6N5O6/c1-6-20-13-23(25-22(8-9-24(40-25)46-5)42(20)28(45)47-7-2)41(27-38-14-21(15-39-27)48-29(3,4)26(43)44)16-17-10-18(30(32,33)34)12-19(11-17)31(35,36)37/h8-12,14-15,20,23H,6-7,13,16H2,1-5H3,(H,43,44)/t20-,23?/m1/s1. The van der Waals surface area contributed by atoms with E-state index in [1.54, 1.807) is 19.9 Å². The van der Waals surface area contributed by atoms with Crippen molar-refractivity contribution in [3.05, 3.63) is 65.1 Å². The number of amides is 1. The molecule has 1 amide bonds. The number of ether oxygens (including phenoxy) is 3. The Morgan fingerprint density at radius 2 is 1.60 bits per heavy atom. The number of hydrogen-bond donors (Lipinski definition) is 1. The molecule has 1 unspecified atom stereocenters. The third kappa shape index (κ3) is 7.82. The molecule has 260 valence electrons. The molecule has 1 aliphatic rings. The molecular formula is C31H33F6N5O6. The van der Waals surface area contributed by atoms with Gasteiger partial charge in [0, 0.05) is 18.7 Å². The minimum absolute atomic E-state index is 0.0351. The summed E-state index contributed by atoms with van der Waals surface area (Å²) < 4.78 is 98.9. The van der Waals surface area contributed by atoms with Crippen LogP contribution in [0.15, 0.2) is 42.7 Å². The first-order chi connectivity index (χ1) is 22.4. The molecule has 3 heterocycles. The van der Waals surface area contributed by atoms with E-state index in [0.29, 0.717) is 18.6 Å². The fourth-order valence-corrected chi connectivity index (χ4v) is 5.22. The van der Waals surface area contributed by atoms with Gasteiger partial charge in [-0.05, 0) is 63.4 Å². The van der Waals surface area contributed by atoms with Crippen LogP contribution in [0.1, 0.15) is 69.0 Å². The molecule has 0 saturated carbocycles. The van der Waals surface area contributed by atoms with Gasteiger partial charge in [-0.15, -0.1) is 0 Å². The van der Waals surface area contributed by atoms with Gasteiger partial charge in [-0.1, -0.05) is 6.92 Å². The lowest BCUT2D eigenvalue weighted by Crippen LogP contribution is -2.48. The van der Waals surface area contributed by atoms with Crippen LogP contribution in [0.2, 0.25) is 0 Å². The van der Waals surface area contributed by atoms with E-state index >= 15 is 0 Å². The van der Waals surface area contributed by atoms with Crippen molar-refractivity contribution in [3.8, 4) is 11.6 Å². The molecule has 48 heavy (non-hydrogen) atoms. The van der Waals surface area contributed by atoms with Gasteiger partial charge in [0.25, 0.3) is 0 Å². The molecule has 0 saturated heterocycles. The van der Waals surface area contributed by atoms with Crippen molar-refractivity contribution in [2.75, 3.05) is 23.5 Å². The number of anilines is 2. The first-order valence-corrected chi connectivity index (χ1v) is 14.7. The van der Waals surface area contributed by atoms with Gasteiger partial charge in [0.2, 0.25) is 11.8 Å². The number of carbonyl (C=O) groups excluding carboxylic acids is 1. The lowest BCUT2D eigenvalue weighted by molar-refractivity contribution is -0.152. The van der Waals surface area contributed by atoms with Gasteiger partial charge in [-0.3, -0.25) is 4.90 Å². The highest BCUT2D eigenvalue weighted by atomic mass is 19.4. The Balaban J connectivity index is 1.92. The van der Waals surface area contributed by atoms with Crippen molar-refractivity contribution >= 4 is 23.7 Å². The lowest BCUT2D eigenvalue weighted by atomic mass is 9.92. The number of methoxy groups -OCH3 is 1. The molecule has 2 atom stereocenters. The number of carbonyl (C=O) groups is 2. The molecule has 0 aliphatic carbocycles. The number of fused-ring (bicyclic) bond motifs is 1. The van der Waals surface area contributed by atoms with Crippen LogP contribution >= 0.6 is 0 Å². The highest BCUT2D eigenvalue weighted by Crippen LogP contribution is 2.44. The Morgan fingerprint density at radius 1 is 1.00 bits per heavy atom. The summed E-state index contributed by atoms with van der Waals surface area (Å²) in [4.78, 5) is 40.5. The number of alkyl halides is 6. The summed E-state index contributed by atoms with van der Waals surface area (Å²) in [5, 5.41) is 9.43. The van der Waals surface area contributed by atoms with Crippen molar-refractivity contribution in [1.82, 2.24) is 15.0 Å². The number of nitrogens with zero attached hydrogens (tertiary/aromatic N) is 5. The Labute approximate surface area is 271 Å². The first-order valence-electron chi connectivity index (χ1n) is 14.7. The molecule has 1 N–H and O–H groups in total. The van der Waals surface area contributed by atoms with Crippen LogP contribution in [0.4, 0.5) is 42.8 Å². The maximum Gasteiger partial charge on any atom is 0.416 e. The topological polar surface area (TPSA) is 127 Å². The summed E-state index contributed by atoms with van der Waals surface area (Å²) >= 11 is 0. The van der Waals surface area contributed by atoms with Crippen LogP contribution < -0.4 is 19.3 Å². The number of carboxylic acids is 1. The molecule has 4 rings (SSSR count). The fourth-order valence-electron chi connectivity index (χ4n) is 5.22. The molecular weight excluding hydrogens is 652 g/mol. The molecule has 1 aromatic carbocycles. The second-order valence-electron chi connectivity index (χ2n) is 11.3. The first kappa shape index (κ1) is 36.0. The Bertz CT molecular complexity index is 1600. The third-order valence-electron chi connectivity index (χ3n) is 7.59. The number of halogens is 6. The van der Waals surface area contributed by atoms with Crippen molar-refractivity contribution < 1.29 is 55.2 Å². The number of pyridine rings is 1. The van der Waals surface area contributed by atoms with Crippen LogP contribution in [0.3, 0.4) is 0 Å². The zero-order valence-electron chi connectivity index (χ0n) is 26.5. The monoisotopic (exact) mass is 685 g/mol. The van der Waals surface area contributed by atoms with Crippen molar-refractivity contribution in [1.29, 1.82) is 0 Å². The van der Waals surface area contributed by atoms with Crippen LogP contribution in [-0.2, 0) is 28.4 Å². The maximum atomic E-state index is 13.8. The number of rotatable bonds is 10. The molecule has 11 nitrogen and oxygen atoms in total. The second-order valence-corrected chi connectivity index (χ2v) is 11.3. The maximum absolute atomic E-state index is 13.8. The quantitative estimate of drug-likeness (QED) is 0.222. The summed E-state index contributed by atoms with van der Waals surface area (Å²) in [7, 11) is 1.35. The van der Waals surface area contributed by atoms with E-state index in [9.17, 15) is 41.0 Å². The Kier molecular flexibility index (Phi) is 10.3. The zero-order valence-corrected chi connectivity index (χ0v) is 26.5. The van der Waals surface area contributed by atoms with E-state index in [1.807, 2.05) is 0 Å². The molecule has 3 aromatic rings. The summed E-state index contributed by atoms with van der Waals surface area (Å²) in [5.74, 6) is -1.37. The van der Waals surface area contributed by atoms with Crippen LogP contribution in [-0.4, -0.2) is 57.5 Å². The summed E-state index contributed by atoms with van der Waals surface area (Å²) in [6.45, 7) is 5.52. The largest absolute Gasteiger partial charge is 0.481 e. The number of aromatic nitrogens is 3. The van der Waals surface area contributed by atoms with Gasteiger partial charge in [0.1, 0.15) is 0 Å².